The lowest BCUT2D eigenvalue weighted by molar-refractivity contribution is -0.136. The van der Waals surface area contributed by atoms with Crippen molar-refractivity contribution in [3.05, 3.63) is 40.5 Å². The van der Waals surface area contributed by atoms with E-state index in [1.54, 1.807) is 13.0 Å². The van der Waals surface area contributed by atoms with Crippen LogP contribution in [0.25, 0.3) is 0 Å². The minimum absolute atomic E-state index is 0.0513. The summed E-state index contributed by atoms with van der Waals surface area (Å²) in [6, 6.07) is 4.94. The molecular weight excluding hydrogens is 369 g/mol. The Morgan fingerprint density at radius 1 is 1.31 bits per heavy atom. The molecule has 0 amide bonds. The molecule has 0 spiro atoms. The van der Waals surface area contributed by atoms with Crippen molar-refractivity contribution in [3.8, 4) is 0 Å². The summed E-state index contributed by atoms with van der Waals surface area (Å²) < 4.78 is 39.8. The predicted molar refractivity (Wildman–Crippen MR) is 93.9 cm³/mol. The van der Waals surface area contributed by atoms with Crippen LogP contribution in [0.2, 0.25) is 5.02 Å². The third-order valence-electron chi connectivity index (χ3n) is 3.96. The number of aromatic nitrogens is 2. The zero-order valence-electron chi connectivity index (χ0n) is 13.9. The van der Waals surface area contributed by atoms with Gasteiger partial charge in [-0.25, -0.2) is 4.98 Å². The molecule has 0 aliphatic heterocycles. The molecule has 0 unspecified atom stereocenters. The van der Waals surface area contributed by atoms with Crippen LogP contribution in [0.3, 0.4) is 0 Å². The topological polar surface area (TPSA) is 70.1 Å². The van der Waals surface area contributed by atoms with Crippen LogP contribution in [0, 0.1) is 0 Å². The first-order chi connectivity index (χ1) is 12.3. The molecule has 1 heterocycles. The zero-order valence-corrected chi connectivity index (χ0v) is 14.7. The molecule has 26 heavy (non-hydrogen) atoms. The average molecular weight is 387 g/mol. The molecule has 1 atom stereocenters. The van der Waals surface area contributed by atoms with Gasteiger partial charge >= 0.3 is 6.18 Å². The molecule has 140 valence electrons. The maximum atomic E-state index is 13.3. The number of rotatable bonds is 6. The fraction of sp³-hybridized carbons (Fsp3) is 0.412. The molecular formula is C17H18ClF3N4O. The number of nitrogens with zero attached hydrogens (tertiary/aromatic N) is 2. The second kappa shape index (κ2) is 7.28. The third kappa shape index (κ3) is 4.37. The summed E-state index contributed by atoms with van der Waals surface area (Å²) in [6.45, 7) is 1.62. The molecule has 0 saturated heterocycles. The maximum absolute atomic E-state index is 13.3. The highest BCUT2D eigenvalue weighted by molar-refractivity contribution is 6.33. The van der Waals surface area contributed by atoms with Crippen molar-refractivity contribution in [3.63, 3.8) is 0 Å². The van der Waals surface area contributed by atoms with E-state index in [0.717, 1.165) is 24.6 Å². The number of benzene rings is 1. The number of hydrogen-bond acceptors (Lipinski definition) is 5. The van der Waals surface area contributed by atoms with Gasteiger partial charge < -0.3 is 15.7 Å². The average Bonchev–Trinajstić information content (AvgIpc) is 3.40. The van der Waals surface area contributed by atoms with Gasteiger partial charge in [-0.3, -0.25) is 0 Å². The molecule has 1 aliphatic rings. The molecule has 1 aliphatic carbocycles. The number of hydrogen-bond donors (Lipinski definition) is 3. The number of halogens is 4. The van der Waals surface area contributed by atoms with E-state index < -0.39 is 11.7 Å². The van der Waals surface area contributed by atoms with E-state index in [9.17, 15) is 18.3 Å². The summed E-state index contributed by atoms with van der Waals surface area (Å²) in [5.41, 5.74) is -0.367. The third-order valence-corrected chi connectivity index (χ3v) is 4.28. The first kappa shape index (κ1) is 18.7. The first-order valence-electron chi connectivity index (χ1n) is 8.17. The van der Waals surface area contributed by atoms with Crippen molar-refractivity contribution in [2.45, 2.75) is 37.9 Å². The molecule has 1 fully saturated rings. The second-order valence-electron chi connectivity index (χ2n) is 6.29. The van der Waals surface area contributed by atoms with Gasteiger partial charge in [-0.15, -0.1) is 0 Å². The maximum Gasteiger partial charge on any atom is 0.418 e. The van der Waals surface area contributed by atoms with Crippen LogP contribution in [0.15, 0.2) is 24.3 Å². The van der Waals surface area contributed by atoms with Gasteiger partial charge in [-0.05, 0) is 31.9 Å². The van der Waals surface area contributed by atoms with Crippen LogP contribution in [0.4, 0.5) is 30.6 Å². The van der Waals surface area contributed by atoms with Crippen molar-refractivity contribution in [2.24, 2.45) is 0 Å². The van der Waals surface area contributed by atoms with E-state index in [2.05, 4.69) is 20.6 Å². The van der Waals surface area contributed by atoms with Gasteiger partial charge in [0.25, 0.3) is 0 Å². The Morgan fingerprint density at radius 3 is 2.65 bits per heavy atom. The molecule has 3 rings (SSSR count). The Bertz CT molecular complexity index is 796. The minimum atomic E-state index is -4.55. The van der Waals surface area contributed by atoms with Gasteiger partial charge in [-0.2, -0.15) is 18.2 Å². The molecule has 1 saturated carbocycles. The van der Waals surface area contributed by atoms with Crippen LogP contribution in [0.5, 0.6) is 0 Å². The van der Waals surface area contributed by atoms with Gasteiger partial charge in [0.2, 0.25) is 5.95 Å². The van der Waals surface area contributed by atoms with E-state index in [0.29, 0.717) is 0 Å². The molecule has 1 aromatic carbocycles. The highest BCUT2D eigenvalue weighted by atomic mass is 35.5. The summed E-state index contributed by atoms with van der Waals surface area (Å²) >= 11 is 5.99. The SMILES string of the molecule is C[C@@H](CO)Nc1nc(Nc2c(Cl)cccc2C(F)(F)F)cc(C2CC2)n1. The summed E-state index contributed by atoms with van der Waals surface area (Å²) in [6.07, 6.45) is -2.59. The van der Waals surface area contributed by atoms with Gasteiger partial charge in [0.15, 0.2) is 0 Å². The lowest BCUT2D eigenvalue weighted by Gasteiger charge is -2.17. The molecule has 0 bridgehead atoms. The van der Waals surface area contributed by atoms with Crippen molar-refractivity contribution in [1.82, 2.24) is 9.97 Å². The number of anilines is 3. The van der Waals surface area contributed by atoms with Gasteiger partial charge in [0.1, 0.15) is 5.82 Å². The lowest BCUT2D eigenvalue weighted by Crippen LogP contribution is -2.21. The molecule has 1 aromatic heterocycles. The first-order valence-corrected chi connectivity index (χ1v) is 8.55. The van der Waals surface area contributed by atoms with Gasteiger partial charge in [0, 0.05) is 18.0 Å². The predicted octanol–water partition coefficient (Wildman–Crippen LogP) is 4.56. The minimum Gasteiger partial charge on any atom is -0.394 e. The van der Waals surface area contributed by atoms with Crippen LogP contribution >= 0.6 is 11.6 Å². The molecule has 9 heteroatoms. The summed E-state index contributed by atoms with van der Waals surface area (Å²) in [4.78, 5) is 8.61. The fourth-order valence-corrected chi connectivity index (χ4v) is 2.69. The van der Waals surface area contributed by atoms with Crippen molar-refractivity contribution >= 4 is 29.1 Å². The van der Waals surface area contributed by atoms with Crippen molar-refractivity contribution < 1.29 is 18.3 Å². The molecule has 3 N–H and O–H groups in total. The van der Waals surface area contributed by atoms with E-state index in [1.165, 1.54) is 12.1 Å². The number of aliphatic hydroxyl groups is 1. The highest BCUT2D eigenvalue weighted by Crippen LogP contribution is 2.42. The zero-order chi connectivity index (χ0) is 18.9. The number of para-hydroxylation sites is 1. The van der Waals surface area contributed by atoms with Crippen LogP contribution < -0.4 is 10.6 Å². The van der Waals surface area contributed by atoms with Gasteiger partial charge in [-0.1, -0.05) is 17.7 Å². The van der Waals surface area contributed by atoms with Crippen LogP contribution in [-0.4, -0.2) is 27.7 Å². The van der Waals surface area contributed by atoms with Gasteiger partial charge in [0.05, 0.1) is 28.6 Å². The summed E-state index contributed by atoms with van der Waals surface area (Å²) in [5.74, 6) is 0.740. The summed E-state index contributed by atoms with van der Waals surface area (Å²) in [5, 5.41) is 14.8. The Kier molecular flexibility index (Phi) is 5.24. The Labute approximate surface area is 153 Å². The number of nitrogens with one attached hydrogen (secondary N) is 2. The Morgan fingerprint density at radius 2 is 2.04 bits per heavy atom. The quantitative estimate of drug-likeness (QED) is 0.678. The molecule has 5 nitrogen and oxygen atoms in total. The summed E-state index contributed by atoms with van der Waals surface area (Å²) in [7, 11) is 0. The van der Waals surface area contributed by atoms with E-state index in [4.69, 9.17) is 11.6 Å². The normalized spacial score (nSPS) is 15.6. The fourth-order valence-electron chi connectivity index (χ4n) is 2.46. The van der Waals surface area contributed by atoms with E-state index >= 15 is 0 Å². The lowest BCUT2D eigenvalue weighted by atomic mass is 10.1. The standard InChI is InChI=1S/C17H18ClF3N4O/c1-9(8-26)22-16-23-13(10-5-6-10)7-14(25-16)24-15-11(17(19,20)21)3-2-4-12(15)18/h2-4,7,9-10,26H,5-6,8H2,1H3,(H2,22,23,24,25)/t9-/m0/s1. The molecule has 0 radical (unpaired) electrons. The van der Waals surface area contributed by atoms with Crippen LogP contribution in [-0.2, 0) is 6.18 Å². The largest absolute Gasteiger partial charge is 0.418 e. The van der Waals surface area contributed by atoms with E-state index in [-0.39, 0.29) is 41.0 Å². The Hall–Kier alpha value is -2.06. The monoisotopic (exact) mass is 386 g/mol. The van der Waals surface area contributed by atoms with E-state index in [1.807, 2.05) is 0 Å². The highest BCUT2D eigenvalue weighted by Gasteiger charge is 2.34. The smallest absolute Gasteiger partial charge is 0.394 e. The Balaban J connectivity index is 1.97. The second-order valence-corrected chi connectivity index (χ2v) is 6.70. The molecule has 2 aromatic rings. The number of aliphatic hydroxyl groups excluding tert-OH is 1. The number of alkyl halides is 3. The van der Waals surface area contributed by atoms with Crippen molar-refractivity contribution in [1.29, 1.82) is 0 Å². The van der Waals surface area contributed by atoms with Crippen molar-refractivity contribution in [2.75, 3.05) is 17.2 Å². The van der Waals surface area contributed by atoms with Crippen LogP contribution in [0.1, 0.15) is 36.9 Å².